The highest BCUT2D eigenvalue weighted by Crippen LogP contribution is 2.21. The van der Waals surface area contributed by atoms with Crippen molar-refractivity contribution >= 4 is 11.9 Å². The Kier molecular flexibility index (Phi) is 6.65. The van der Waals surface area contributed by atoms with Crippen molar-refractivity contribution in [2.24, 2.45) is 0 Å². The fourth-order valence-corrected chi connectivity index (χ4v) is 2.59. The minimum atomic E-state index is -0.426. The summed E-state index contributed by atoms with van der Waals surface area (Å²) in [5.41, 5.74) is -0.426. The molecule has 0 spiro atoms. The first-order valence-electron chi connectivity index (χ1n) is 7.85. The monoisotopic (exact) mass is 298 g/mol. The van der Waals surface area contributed by atoms with Crippen molar-refractivity contribution in [3.05, 3.63) is 0 Å². The van der Waals surface area contributed by atoms with E-state index in [9.17, 15) is 9.59 Å². The summed E-state index contributed by atoms with van der Waals surface area (Å²) in [6, 6.07) is 0.315. The molecule has 5 nitrogen and oxygen atoms in total. The van der Waals surface area contributed by atoms with Gasteiger partial charge in [0.05, 0.1) is 6.54 Å². The second-order valence-corrected chi connectivity index (χ2v) is 7.03. The largest absolute Gasteiger partial charge is 0.460 e. The molecule has 1 atom stereocenters. The molecule has 1 aliphatic rings. The standard InChI is InChI=1S/C16H30N2O3/c1-16(2,3)21-15(20)10-9-13-8-6-7-11-18(13)12-14(19)17(4)5/h13H,6-12H2,1-5H3/t13-/m1/s1. The van der Waals surface area contributed by atoms with E-state index in [2.05, 4.69) is 4.90 Å². The summed E-state index contributed by atoms with van der Waals surface area (Å²) in [5, 5.41) is 0. The number of hydrogen-bond acceptors (Lipinski definition) is 4. The summed E-state index contributed by atoms with van der Waals surface area (Å²) < 4.78 is 5.35. The van der Waals surface area contributed by atoms with Gasteiger partial charge in [-0.3, -0.25) is 14.5 Å². The molecule has 0 aromatic heterocycles. The second-order valence-electron chi connectivity index (χ2n) is 7.03. The first kappa shape index (κ1) is 18.0. The summed E-state index contributed by atoms with van der Waals surface area (Å²) >= 11 is 0. The fourth-order valence-electron chi connectivity index (χ4n) is 2.59. The lowest BCUT2D eigenvalue weighted by Crippen LogP contribution is -2.45. The number of piperidine rings is 1. The van der Waals surface area contributed by atoms with Crippen molar-refractivity contribution in [3.63, 3.8) is 0 Å². The van der Waals surface area contributed by atoms with Crippen LogP contribution in [0, 0.1) is 0 Å². The molecule has 1 heterocycles. The van der Waals surface area contributed by atoms with Crippen molar-refractivity contribution in [3.8, 4) is 0 Å². The van der Waals surface area contributed by atoms with Crippen molar-refractivity contribution in [1.29, 1.82) is 0 Å². The van der Waals surface area contributed by atoms with Gasteiger partial charge in [0.25, 0.3) is 0 Å². The van der Waals surface area contributed by atoms with Gasteiger partial charge in [0.1, 0.15) is 5.60 Å². The van der Waals surface area contributed by atoms with Crippen LogP contribution in [0.1, 0.15) is 52.9 Å². The summed E-state index contributed by atoms with van der Waals surface area (Å²) in [7, 11) is 3.56. The molecular weight excluding hydrogens is 268 g/mol. The summed E-state index contributed by atoms with van der Waals surface area (Å²) in [6.07, 6.45) is 4.56. The number of carbonyl (C=O) groups excluding carboxylic acids is 2. The minimum Gasteiger partial charge on any atom is -0.460 e. The zero-order chi connectivity index (χ0) is 16.0. The van der Waals surface area contributed by atoms with Gasteiger partial charge in [-0.25, -0.2) is 0 Å². The van der Waals surface area contributed by atoms with Gasteiger partial charge < -0.3 is 9.64 Å². The Morgan fingerprint density at radius 1 is 1.24 bits per heavy atom. The van der Waals surface area contributed by atoms with Crippen LogP contribution in [-0.4, -0.2) is 60.5 Å². The van der Waals surface area contributed by atoms with Crippen LogP contribution in [0.2, 0.25) is 0 Å². The highest BCUT2D eigenvalue weighted by atomic mass is 16.6. The molecule has 0 aromatic rings. The molecule has 122 valence electrons. The van der Waals surface area contributed by atoms with Crippen molar-refractivity contribution in [1.82, 2.24) is 9.80 Å². The van der Waals surface area contributed by atoms with Gasteiger partial charge >= 0.3 is 5.97 Å². The Morgan fingerprint density at radius 3 is 2.48 bits per heavy atom. The Balaban J connectivity index is 2.46. The van der Waals surface area contributed by atoms with Crippen molar-refractivity contribution in [2.45, 2.75) is 64.5 Å². The first-order valence-corrected chi connectivity index (χ1v) is 7.85. The van der Waals surface area contributed by atoms with Crippen LogP contribution >= 0.6 is 0 Å². The van der Waals surface area contributed by atoms with Crippen molar-refractivity contribution < 1.29 is 14.3 Å². The SMILES string of the molecule is CN(C)C(=O)CN1CCCC[C@@H]1CCC(=O)OC(C)(C)C. The molecule has 21 heavy (non-hydrogen) atoms. The van der Waals surface area contributed by atoms with Crippen LogP contribution in [0.3, 0.4) is 0 Å². The molecule has 1 rings (SSSR count). The van der Waals surface area contributed by atoms with Gasteiger partial charge in [-0.15, -0.1) is 0 Å². The average Bonchev–Trinajstić information content (AvgIpc) is 2.35. The van der Waals surface area contributed by atoms with E-state index < -0.39 is 5.60 Å². The Labute approximate surface area is 128 Å². The molecule has 1 aliphatic heterocycles. The van der Waals surface area contributed by atoms with Gasteiger partial charge in [0.15, 0.2) is 0 Å². The zero-order valence-corrected chi connectivity index (χ0v) is 14.1. The van der Waals surface area contributed by atoms with Crippen molar-refractivity contribution in [2.75, 3.05) is 27.2 Å². The molecule has 1 fully saturated rings. The van der Waals surface area contributed by atoms with E-state index in [0.29, 0.717) is 19.0 Å². The molecule has 5 heteroatoms. The van der Waals surface area contributed by atoms with Crippen LogP contribution < -0.4 is 0 Å². The molecule has 1 saturated heterocycles. The molecule has 0 aliphatic carbocycles. The molecule has 0 radical (unpaired) electrons. The van der Waals surface area contributed by atoms with Gasteiger partial charge in [-0.1, -0.05) is 6.42 Å². The molecule has 0 aromatic carbocycles. The number of likely N-dealkylation sites (N-methyl/N-ethyl adjacent to an activating group) is 1. The number of nitrogens with zero attached hydrogens (tertiary/aromatic N) is 2. The first-order chi connectivity index (χ1) is 9.69. The lowest BCUT2D eigenvalue weighted by atomic mass is 9.98. The number of likely N-dealkylation sites (tertiary alicyclic amines) is 1. The third-order valence-corrected chi connectivity index (χ3v) is 3.69. The van der Waals surface area contributed by atoms with E-state index in [4.69, 9.17) is 4.74 Å². The highest BCUT2D eigenvalue weighted by Gasteiger charge is 2.26. The normalized spacial score (nSPS) is 20.1. The van der Waals surface area contributed by atoms with Gasteiger partial charge in [0.2, 0.25) is 5.91 Å². The van der Waals surface area contributed by atoms with Crippen LogP contribution in [0.25, 0.3) is 0 Å². The highest BCUT2D eigenvalue weighted by molar-refractivity contribution is 5.77. The average molecular weight is 298 g/mol. The van der Waals surface area contributed by atoms with Crippen LogP contribution in [0.15, 0.2) is 0 Å². The Morgan fingerprint density at radius 2 is 1.90 bits per heavy atom. The summed E-state index contributed by atoms with van der Waals surface area (Å²) in [5.74, 6) is -0.0221. The molecule has 0 saturated carbocycles. The predicted octanol–water partition coefficient (Wildman–Crippen LogP) is 2.05. The Bertz CT molecular complexity index is 361. The van der Waals surface area contributed by atoms with E-state index in [1.54, 1.807) is 19.0 Å². The predicted molar refractivity (Wildman–Crippen MR) is 83.0 cm³/mol. The van der Waals surface area contributed by atoms with E-state index >= 15 is 0 Å². The van der Waals surface area contributed by atoms with Crippen LogP contribution in [0.5, 0.6) is 0 Å². The van der Waals surface area contributed by atoms with E-state index in [1.807, 2.05) is 20.8 Å². The number of rotatable bonds is 5. The van der Waals surface area contributed by atoms with Crippen LogP contribution in [0.4, 0.5) is 0 Å². The fraction of sp³-hybridized carbons (Fsp3) is 0.875. The lowest BCUT2D eigenvalue weighted by Gasteiger charge is -2.35. The van der Waals surface area contributed by atoms with E-state index in [-0.39, 0.29) is 11.9 Å². The van der Waals surface area contributed by atoms with Gasteiger partial charge in [-0.2, -0.15) is 0 Å². The molecule has 0 bridgehead atoms. The van der Waals surface area contributed by atoms with E-state index in [0.717, 1.165) is 25.8 Å². The Hall–Kier alpha value is -1.10. The van der Waals surface area contributed by atoms with Gasteiger partial charge in [-0.05, 0) is 46.6 Å². The number of hydrogen-bond donors (Lipinski definition) is 0. The van der Waals surface area contributed by atoms with Gasteiger partial charge in [0, 0.05) is 26.6 Å². The summed E-state index contributed by atoms with van der Waals surface area (Å²) in [4.78, 5) is 27.5. The number of amides is 1. The second kappa shape index (κ2) is 7.78. The van der Waals surface area contributed by atoms with Crippen LogP contribution in [-0.2, 0) is 14.3 Å². The quantitative estimate of drug-likeness (QED) is 0.729. The number of ether oxygens (including phenoxy) is 1. The maximum Gasteiger partial charge on any atom is 0.306 e. The third kappa shape index (κ3) is 6.93. The third-order valence-electron chi connectivity index (χ3n) is 3.69. The zero-order valence-electron chi connectivity index (χ0n) is 14.1. The van der Waals surface area contributed by atoms with E-state index in [1.165, 1.54) is 6.42 Å². The molecule has 1 amide bonds. The maximum absolute atomic E-state index is 11.9. The topological polar surface area (TPSA) is 49.9 Å². The maximum atomic E-state index is 11.9. The smallest absolute Gasteiger partial charge is 0.306 e. The lowest BCUT2D eigenvalue weighted by molar-refractivity contribution is -0.155. The minimum absolute atomic E-state index is 0.124. The number of carbonyl (C=O) groups is 2. The molecule has 0 N–H and O–H groups in total. The molecule has 0 unspecified atom stereocenters. The number of esters is 1. The molecular formula is C16H30N2O3. The summed E-state index contributed by atoms with van der Waals surface area (Å²) in [6.45, 7) is 7.04.